The second-order valence-electron chi connectivity index (χ2n) is 6.22. The molecule has 2 aromatic rings. The Labute approximate surface area is 141 Å². The number of hydrogen-bond acceptors (Lipinski definition) is 3. The predicted molar refractivity (Wildman–Crippen MR) is 90.5 cm³/mol. The fraction of sp³-hybridized carbons (Fsp3) is 0.368. The molecule has 0 saturated carbocycles. The number of carbonyl (C=O) groups is 1. The number of nitrogens with one attached hydrogen (secondary N) is 1. The summed E-state index contributed by atoms with van der Waals surface area (Å²) in [7, 11) is 0. The van der Waals surface area contributed by atoms with Crippen LogP contribution in [0.5, 0.6) is 0 Å². The van der Waals surface area contributed by atoms with E-state index in [1.807, 2.05) is 24.3 Å². The molecule has 1 aromatic carbocycles. The van der Waals surface area contributed by atoms with E-state index < -0.39 is 0 Å². The highest BCUT2D eigenvalue weighted by Gasteiger charge is 2.25. The van der Waals surface area contributed by atoms with Gasteiger partial charge in [-0.1, -0.05) is 24.3 Å². The monoisotopic (exact) mass is 327 g/mol. The number of benzene rings is 1. The van der Waals surface area contributed by atoms with Gasteiger partial charge in [0.25, 0.3) is 0 Å². The molecule has 4 nitrogen and oxygen atoms in total. The summed E-state index contributed by atoms with van der Waals surface area (Å²) in [5.74, 6) is -0.0169. The Morgan fingerprint density at radius 3 is 2.71 bits per heavy atom. The zero-order valence-electron chi connectivity index (χ0n) is 13.6. The molecule has 0 spiro atoms. The summed E-state index contributed by atoms with van der Waals surface area (Å²) >= 11 is 0. The lowest BCUT2D eigenvalue weighted by Gasteiger charge is -2.31. The van der Waals surface area contributed by atoms with Crippen LogP contribution < -0.4 is 5.32 Å². The van der Waals surface area contributed by atoms with Gasteiger partial charge in [0.15, 0.2) is 0 Å². The Balaban J connectivity index is 1.44. The van der Waals surface area contributed by atoms with E-state index in [0.717, 1.165) is 37.1 Å². The van der Waals surface area contributed by atoms with Crippen molar-refractivity contribution in [1.29, 1.82) is 0 Å². The van der Waals surface area contributed by atoms with Crippen LogP contribution in [0.2, 0.25) is 0 Å². The number of carbonyl (C=O) groups excluding carboxylic acids is 1. The Morgan fingerprint density at radius 2 is 2.00 bits per heavy atom. The Hall–Kier alpha value is -2.27. The number of hydrogen-bond donors (Lipinski definition) is 1. The molecule has 0 atom stereocenters. The largest absolute Gasteiger partial charge is 0.352 e. The molecule has 1 aliphatic heterocycles. The molecule has 1 saturated heterocycles. The topological polar surface area (TPSA) is 45.2 Å². The van der Waals surface area contributed by atoms with Crippen molar-refractivity contribution in [3.05, 3.63) is 65.7 Å². The van der Waals surface area contributed by atoms with Crippen LogP contribution in [0, 0.1) is 11.7 Å². The molecular weight excluding hydrogens is 305 g/mol. The summed E-state index contributed by atoms with van der Waals surface area (Å²) < 4.78 is 13.7. The van der Waals surface area contributed by atoms with Crippen LogP contribution in [-0.2, 0) is 17.9 Å². The van der Waals surface area contributed by atoms with Gasteiger partial charge in [-0.25, -0.2) is 4.39 Å². The van der Waals surface area contributed by atoms with Gasteiger partial charge >= 0.3 is 0 Å². The van der Waals surface area contributed by atoms with Crippen LogP contribution in [0.15, 0.2) is 48.8 Å². The molecule has 1 aromatic heterocycles. The van der Waals surface area contributed by atoms with Crippen molar-refractivity contribution in [3.8, 4) is 0 Å². The number of piperidine rings is 1. The predicted octanol–water partition coefficient (Wildman–Crippen LogP) is 2.75. The third kappa shape index (κ3) is 4.38. The van der Waals surface area contributed by atoms with E-state index >= 15 is 0 Å². The Bertz CT molecular complexity index is 669. The maximum Gasteiger partial charge on any atom is 0.223 e. The standard InChI is InChI=1S/C19H22FN3O/c20-18-6-2-1-5-17(18)14-23-10-7-16(8-11-23)19(24)22-13-15-4-3-9-21-12-15/h1-6,9,12,16H,7-8,10-11,13-14H2,(H,22,24). The fourth-order valence-electron chi connectivity index (χ4n) is 3.06. The normalized spacial score (nSPS) is 16.0. The van der Waals surface area contributed by atoms with E-state index in [9.17, 15) is 9.18 Å². The minimum atomic E-state index is -0.158. The van der Waals surface area contributed by atoms with Crippen molar-refractivity contribution >= 4 is 5.91 Å². The van der Waals surface area contributed by atoms with Crippen LogP contribution in [0.25, 0.3) is 0 Å². The third-order valence-corrected chi connectivity index (χ3v) is 4.50. The number of rotatable bonds is 5. The average molecular weight is 327 g/mol. The van der Waals surface area contributed by atoms with Gasteiger partial charge in [0, 0.05) is 37.0 Å². The first-order valence-electron chi connectivity index (χ1n) is 8.35. The average Bonchev–Trinajstić information content (AvgIpc) is 2.63. The molecule has 1 N–H and O–H groups in total. The summed E-state index contributed by atoms with van der Waals surface area (Å²) in [6.45, 7) is 2.76. The van der Waals surface area contributed by atoms with Crippen molar-refractivity contribution in [1.82, 2.24) is 15.2 Å². The molecule has 3 rings (SSSR count). The number of likely N-dealkylation sites (tertiary alicyclic amines) is 1. The van der Waals surface area contributed by atoms with Gasteiger partial charge in [0.1, 0.15) is 5.82 Å². The maximum atomic E-state index is 13.7. The van der Waals surface area contributed by atoms with E-state index in [1.54, 1.807) is 18.5 Å². The molecular formula is C19H22FN3O. The third-order valence-electron chi connectivity index (χ3n) is 4.50. The number of halogens is 1. The van der Waals surface area contributed by atoms with Gasteiger partial charge in [-0.3, -0.25) is 14.7 Å². The molecule has 24 heavy (non-hydrogen) atoms. The minimum absolute atomic E-state index is 0.0403. The van der Waals surface area contributed by atoms with E-state index in [4.69, 9.17) is 0 Å². The van der Waals surface area contributed by atoms with Crippen LogP contribution in [0.3, 0.4) is 0 Å². The van der Waals surface area contributed by atoms with E-state index in [2.05, 4.69) is 15.2 Å². The number of nitrogens with zero attached hydrogens (tertiary/aromatic N) is 2. The van der Waals surface area contributed by atoms with Crippen LogP contribution >= 0.6 is 0 Å². The first kappa shape index (κ1) is 16.6. The Kier molecular flexibility index (Phi) is 5.54. The molecule has 0 bridgehead atoms. The number of aromatic nitrogens is 1. The van der Waals surface area contributed by atoms with Crippen molar-refractivity contribution in [2.45, 2.75) is 25.9 Å². The van der Waals surface area contributed by atoms with Gasteiger partial charge in [0.05, 0.1) is 0 Å². The highest BCUT2D eigenvalue weighted by molar-refractivity contribution is 5.78. The van der Waals surface area contributed by atoms with Gasteiger partial charge in [-0.15, -0.1) is 0 Å². The highest BCUT2D eigenvalue weighted by atomic mass is 19.1. The molecule has 126 valence electrons. The van der Waals surface area contributed by atoms with Crippen molar-refractivity contribution in [2.24, 2.45) is 5.92 Å². The maximum absolute atomic E-state index is 13.7. The van der Waals surface area contributed by atoms with Crippen molar-refractivity contribution in [3.63, 3.8) is 0 Å². The summed E-state index contributed by atoms with van der Waals surface area (Å²) in [6.07, 6.45) is 5.11. The lowest BCUT2D eigenvalue weighted by atomic mass is 9.95. The van der Waals surface area contributed by atoms with E-state index in [0.29, 0.717) is 13.1 Å². The quantitative estimate of drug-likeness (QED) is 0.918. The van der Waals surface area contributed by atoms with E-state index in [-0.39, 0.29) is 17.6 Å². The van der Waals surface area contributed by atoms with Gasteiger partial charge in [-0.05, 0) is 43.6 Å². The second-order valence-corrected chi connectivity index (χ2v) is 6.22. The highest BCUT2D eigenvalue weighted by Crippen LogP contribution is 2.20. The van der Waals surface area contributed by atoms with Crippen molar-refractivity contribution < 1.29 is 9.18 Å². The van der Waals surface area contributed by atoms with Crippen LogP contribution in [0.1, 0.15) is 24.0 Å². The lowest BCUT2D eigenvalue weighted by molar-refractivity contribution is -0.126. The molecule has 0 aliphatic carbocycles. The first-order valence-corrected chi connectivity index (χ1v) is 8.35. The molecule has 1 fully saturated rings. The molecule has 2 heterocycles. The number of amides is 1. The molecule has 0 radical (unpaired) electrons. The van der Waals surface area contributed by atoms with Crippen molar-refractivity contribution in [2.75, 3.05) is 13.1 Å². The molecule has 1 aliphatic rings. The summed E-state index contributed by atoms with van der Waals surface area (Å²) in [6, 6.07) is 10.7. The number of pyridine rings is 1. The minimum Gasteiger partial charge on any atom is -0.352 e. The smallest absolute Gasteiger partial charge is 0.223 e. The Morgan fingerprint density at radius 1 is 1.21 bits per heavy atom. The summed E-state index contributed by atoms with van der Waals surface area (Å²) in [5, 5.41) is 2.98. The lowest BCUT2D eigenvalue weighted by Crippen LogP contribution is -2.40. The van der Waals surface area contributed by atoms with Crippen LogP contribution in [-0.4, -0.2) is 28.9 Å². The molecule has 5 heteroatoms. The van der Waals surface area contributed by atoms with Gasteiger partial charge in [0.2, 0.25) is 5.91 Å². The zero-order chi connectivity index (χ0) is 16.8. The van der Waals surface area contributed by atoms with E-state index in [1.165, 1.54) is 6.07 Å². The fourth-order valence-corrected chi connectivity index (χ4v) is 3.06. The summed E-state index contributed by atoms with van der Waals surface area (Å²) in [5.41, 5.74) is 1.72. The zero-order valence-corrected chi connectivity index (χ0v) is 13.6. The first-order chi connectivity index (χ1) is 11.7. The second kappa shape index (κ2) is 8.02. The SMILES string of the molecule is O=C(NCc1cccnc1)C1CCN(Cc2ccccc2F)CC1. The van der Waals surface area contributed by atoms with Gasteiger partial charge in [-0.2, -0.15) is 0 Å². The summed E-state index contributed by atoms with van der Waals surface area (Å²) in [4.78, 5) is 18.5. The molecule has 1 amide bonds. The van der Waals surface area contributed by atoms with Crippen LogP contribution in [0.4, 0.5) is 4.39 Å². The molecule has 0 unspecified atom stereocenters. The van der Waals surface area contributed by atoms with Gasteiger partial charge < -0.3 is 5.32 Å².